The number of halogens is 1. The number of fused-ring (bicyclic) bond motifs is 1. The number of nitrogen functional groups attached to an aromatic ring is 1. The minimum Gasteiger partial charge on any atom is -0.478 e. The van der Waals surface area contributed by atoms with Crippen LogP contribution in [0.25, 0.3) is 0 Å². The first-order chi connectivity index (χ1) is 11.1. The number of anilines is 2. The van der Waals surface area contributed by atoms with Gasteiger partial charge in [-0.15, -0.1) is 0 Å². The second kappa shape index (κ2) is 6.28. The predicted octanol–water partition coefficient (Wildman–Crippen LogP) is 3.15. The minimum atomic E-state index is -0.624. The molecule has 1 heterocycles. The number of carbonyl (C=O) groups excluding carboxylic acids is 1. The predicted molar refractivity (Wildman–Crippen MR) is 88.0 cm³/mol. The number of benzene rings is 2. The first-order valence-corrected chi connectivity index (χ1v) is 7.70. The van der Waals surface area contributed by atoms with E-state index < -0.39 is 6.10 Å². The Balaban J connectivity index is 1.90. The Morgan fingerprint density at radius 1 is 1.22 bits per heavy atom. The summed E-state index contributed by atoms with van der Waals surface area (Å²) in [7, 11) is 0. The highest BCUT2D eigenvalue weighted by atomic mass is 19.1. The van der Waals surface area contributed by atoms with Gasteiger partial charge < -0.3 is 15.4 Å². The molecule has 3 rings (SSSR count). The highest BCUT2D eigenvalue weighted by Gasteiger charge is 2.34. The summed E-state index contributed by atoms with van der Waals surface area (Å²) in [6.45, 7) is 2.65. The summed E-state index contributed by atoms with van der Waals surface area (Å²) in [5.74, 6) is 0.244. The van der Waals surface area contributed by atoms with Gasteiger partial charge in [0.2, 0.25) is 0 Å². The van der Waals surface area contributed by atoms with Gasteiger partial charge in [0, 0.05) is 24.7 Å². The van der Waals surface area contributed by atoms with E-state index in [2.05, 4.69) is 0 Å². The maximum Gasteiger partial charge on any atom is 0.268 e. The van der Waals surface area contributed by atoms with E-state index in [9.17, 15) is 9.18 Å². The number of nitrogens with two attached hydrogens (primary N) is 1. The SMILES string of the molecule is CCCN1C(=O)C(Cc2ccc(F)cc2)Oc2cc(N)ccc21. The number of hydrogen-bond acceptors (Lipinski definition) is 3. The molecular weight excluding hydrogens is 295 g/mol. The monoisotopic (exact) mass is 314 g/mol. The van der Waals surface area contributed by atoms with Crippen LogP contribution < -0.4 is 15.4 Å². The second-order valence-electron chi connectivity index (χ2n) is 5.65. The van der Waals surface area contributed by atoms with Crippen LogP contribution in [0.2, 0.25) is 0 Å². The zero-order chi connectivity index (χ0) is 16.4. The third kappa shape index (κ3) is 3.13. The van der Waals surface area contributed by atoms with E-state index in [-0.39, 0.29) is 11.7 Å². The molecule has 2 aromatic carbocycles. The molecule has 0 radical (unpaired) electrons. The number of amides is 1. The van der Waals surface area contributed by atoms with Crippen LogP contribution in [0.1, 0.15) is 18.9 Å². The van der Waals surface area contributed by atoms with Crippen LogP contribution in [0.5, 0.6) is 5.75 Å². The van der Waals surface area contributed by atoms with Gasteiger partial charge in [0.05, 0.1) is 5.69 Å². The fraction of sp³-hybridized carbons (Fsp3) is 0.278. The van der Waals surface area contributed by atoms with Gasteiger partial charge in [0.15, 0.2) is 6.10 Å². The molecule has 2 N–H and O–H groups in total. The highest BCUT2D eigenvalue weighted by Crippen LogP contribution is 2.36. The molecule has 1 unspecified atom stereocenters. The fourth-order valence-electron chi connectivity index (χ4n) is 2.76. The lowest BCUT2D eigenvalue weighted by Gasteiger charge is -2.34. The van der Waals surface area contributed by atoms with Crippen molar-refractivity contribution in [3.05, 3.63) is 53.8 Å². The van der Waals surface area contributed by atoms with E-state index in [1.807, 2.05) is 13.0 Å². The zero-order valence-electron chi connectivity index (χ0n) is 13.0. The van der Waals surface area contributed by atoms with Gasteiger partial charge in [0.1, 0.15) is 11.6 Å². The van der Waals surface area contributed by atoms with Gasteiger partial charge in [-0.1, -0.05) is 19.1 Å². The Morgan fingerprint density at radius 2 is 1.96 bits per heavy atom. The summed E-state index contributed by atoms with van der Waals surface area (Å²) in [6, 6.07) is 11.4. The lowest BCUT2D eigenvalue weighted by atomic mass is 10.0. The molecule has 0 aromatic heterocycles. The van der Waals surface area contributed by atoms with Crippen molar-refractivity contribution in [2.75, 3.05) is 17.2 Å². The van der Waals surface area contributed by atoms with E-state index in [4.69, 9.17) is 10.5 Å². The Hall–Kier alpha value is -2.56. The number of nitrogens with zero attached hydrogens (tertiary/aromatic N) is 1. The van der Waals surface area contributed by atoms with Gasteiger partial charge in [-0.05, 0) is 36.2 Å². The molecule has 1 aliphatic rings. The Labute approximate surface area is 134 Å². The fourth-order valence-corrected chi connectivity index (χ4v) is 2.76. The molecule has 23 heavy (non-hydrogen) atoms. The van der Waals surface area contributed by atoms with Crippen LogP contribution in [-0.2, 0) is 11.2 Å². The first kappa shape index (κ1) is 15.3. The number of rotatable bonds is 4. The second-order valence-corrected chi connectivity index (χ2v) is 5.65. The molecule has 0 bridgehead atoms. The van der Waals surface area contributed by atoms with Crippen LogP contribution in [0.4, 0.5) is 15.8 Å². The van der Waals surface area contributed by atoms with Crippen molar-refractivity contribution >= 4 is 17.3 Å². The van der Waals surface area contributed by atoms with E-state index in [1.165, 1.54) is 12.1 Å². The summed E-state index contributed by atoms with van der Waals surface area (Å²) < 4.78 is 18.9. The van der Waals surface area contributed by atoms with Gasteiger partial charge >= 0.3 is 0 Å². The van der Waals surface area contributed by atoms with Crippen LogP contribution in [0.15, 0.2) is 42.5 Å². The van der Waals surface area contributed by atoms with Crippen molar-refractivity contribution in [3.8, 4) is 5.75 Å². The van der Waals surface area contributed by atoms with Gasteiger partial charge in [-0.2, -0.15) is 0 Å². The van der Waals surface area contributed by atoms with E-state index >= 15 is 0 Å². The summed E-state index contributed by atoms with van der Waals surface area (Å²) in [4.78, 5) is 14.5. The molecule has 5 heteroatoms. The normalized spacial score (nSPS) is 16.9. The summed E-state index contributed by atoms with van der Waals surface area (Å²) in [5, 5.41) is 0. The average molecular weight is 314 g/mol. The topological polar surface area (TPSA) is 55.6 Å². The molecule has 1 atom stereocenters. The first-order valence-electron chi connectivity index (χ1n) is 7.70. The largest absolute Gasteiger partial charge is 0.478 e. The van der Waals surface area contributed by atoms with Crippen molar-refractivity contribution in [2.24, 2.45) is 0 Å². The van der Waals surface area contributed by atoms with Crippen molar-refractivity contribution in [2.45, 2.75) is 25.9 Å². The Morgan fingerprint density at radius 3 is 2.65 bits per heavy atom. The van der Waals surface area contributed by atoms with E-state index in [0.29, 0.717) is 24.4 Å². The van der Waals surface area contributed by atoms with Crippen LogP contribution >= 0.6 is 0 Å². The molecule has 0 saturated heterocycles. The molecule has 0 aliphatic carbocycles. The standard InChI is InChI=1S/C18H19FN2O2/c1-2-9-21-15-8-7-14(20)11-16(15)23-17(18(21)22)10-12-3-5-13(19)6-4-12/h3-8,11,17H,2,9-10,20H2,1H3. The van der Waals surface area contributed by atoms with E-state index in [1.54, 1.807) is 29.2 Å². The summed E-state index contributed by atoms with van der Waals surface area (Å²) in [6.07, 6.45) is 0.619. The lowest BCUT2D eigenvalue weighted by Crippen LogP contribution is -2.47. The molecule has 0 spiro atoms. The number of hydrogen-bond donors (Lipinski definition) is 1. The maximum atomic E-state index is 13.0. The maximum absolute atomic E-state index is 13.0. The van der Waals surface area contributed by atoms with E-state index in [0.717, 1.165) is 17.7 Å². The average Bonchev–Trinajstić information content (AvgIpc) is 2.53. The zero-order valence-corrected chi connectivity index (χ0v) is 13.0. The Kier molecular flexibility index (Phi) is 4.19. The molecular formula is C18H19FN2O2. The third-order valence-electron chi connectivity index (χ3n) is 3.87. The molecule has 120 valence electrons. The molecule has 1 amide bonds. The van der Waals surface area contributed by atoms with Crippen molar-refractivity contribution < 1.29 is 13.9 Å². The van der Waals surface area contributed by atoms with Crippen LogP contribution in [0, 0.1) is 5.82 Å². The van der Waals surface area contributed by atoms with Crippen molar-refractivity contribution in [1.82, 2.24) is 0 Å². The quantitative estimate of drug-likeness (QED) is 0.882. The summed E-state index contributed by atoms with van der Waals surface area (Å²) in [5.41, 5.74) is 8.02. The van der Waals surface area contributed by atoms with Gasteiger partial charge in [0.25, 0.3) is 5.91 Å². The highest BCUT2D eigenvalue weighted by molar-refractivity contribution is 6.00. The molecule has 2 aromatic rings. The lowest BCUT2D eigenvalue weighted by molar-refractivity contribution is -0.126. The third-order valence-corrected chi connectivity index (χ3v) is 3.87. The number of ether oxygens (including phenoxy) is 1. The molecule has 4 nitrogen and oxygen atoms in total. The van der Waals surface area contributed by atoms with Crippen LogP contribution in [-0.4, -0.2) is 18.6 Å². The number of carbonyl (C=O) groups is 1. The smallest absolute Gasteiger partial charge is 0.268 e. The van der Waals surface area contributed by atoms with Gasteiger partial charge in [-0.3, -0.25) is 4.79 Å². The molecule has 0 fully saturated rings. The molecule has 1 aliphatic heterocycles. The van der Waals surface area contributed by atoms with Crippen molar-refractivity contribution in [3.63, 3.8) is 0 Å². The van der Waals surface area contributed by atoms with Crippen molar-refractivity contribution in [1.29, 1.82) is 0 Å². The minimum absolute atomic E-state index is 0.0755. The van der Waals surface area contributed by atoms with Crippen LogP contribution in [0.3, 0.4) is 0 Å². The molecule has 0 saturated carbocycles. The Bertz CT molecular complexity index is 715. The van der Waals surface area contributed by atoms with Gasteiger partial charge in [-0.25, -0.2) is 4.39 Å². The summed E-state index contributed by atoms with van der Waals surface area (Å²) >= 11 is 0.